The van der Waals surface area contributed by atoms with Crippen LogP contribution in [0.15, 0.2) is 0 Å². The fourth-order valence-corrected chi connectivity index (χ4v) is 2.41. The van der Waals surface area contributed by atoms with Crippen molar-refractivity contribution in [3.05, 3.63) is 5.82 Å². The third kappa shape index (κ3) is 3.74. The molecule has 1 aromatic rings. The predicted octanol–water partition coefficient (Wildman–Crippen LogP) is -0.439. The number of nitrogen functional groups attached to an aromatic ring is 1. The monoisotopic (exact) mass is 265 g/mol. The van der Waals surface area contributed by atoms with Gasteiger partial charge in [-0.2, -0.15) is 15.0 Å². The molecule has 0 aliphatic carbocycles. The summed E-state index contributed by atoms with van der Waals surface area (Å²) in [4.78, 5) is 17.0. The molecule has 2 heterocycles. The minimum Gasteiger partial charge on any atom is -0.368 e. The number of anilines is 2. The summed E-state index contributed by atoms with van der Waals surface area (Å²) >= 11 is 0. The zero-order chi connectivity index (χ0) is 13.8. The molecule has 0 bridgehead atoms. The molecule has 19 heavy (non-hydrogen) atoms. The van der Waals surface area contributed by atoms with E-state index in [0.717, 1.165) is 37.9 Å². The van der Waals surface area contributed by atoms with Crippen LogP contribution in [-0.4, -0.2) is 60.6 Å². The predicted molar refractivity (Wildman–Crippen MR) is 75.9 cm³/mol. The first-order valence-corrected chi connectivity index (χ1v) is 6.63. The van der Waals surface area contributed by atoms with E-state index in [1.807, 2.05) is 26.0 Å². The normalized spacial score (nSPS) is 19.8. The number of hydrogen-bond acceptors (Lipinski definition) is 7. The van der Waals surface area contributed by atoms with Gasteiger partial charge < -0.3 is 16.0 Å². The maximum absolute atomic E-state index is 5.73. The Morgan fingerprint density at radius 3 is 2.84 bits per heavy atom. The van der Waals surface area contributed by atoms with Gasteiger partial charge in [0.25, 0.3) is 0 Å². The van der Waals surface area contributed by atoms with Gasteiger partial charge in [0.15, 0.2) is 0 Å². The first-order valence-electron chi connectivity index (χ1n) is 6.63. The molecular weight excluding hydrogens is 242 g/mol. The van der Waals surface area contributed by atoms with Gasteiger partial charge in [-0.1, -0.05) is 0 Å². The zero-order valence-electron chi connectivity index (χ0n) is 11.9. The summed E-state index contributed by atoms with van der Waals surface area (Å²) in [5.41, 5.74) is 5.73. The maximum atomic E-state index is 5.73. The van der Waals surface area contributed by atoms with Crippen LogP contribution in [0.1, 0.15) is 12.2 Å². The van der Waals surface area contributed by atoms with Gasteiger partial charge in [-0.25, -0.2) is 0 Å². The number of nitrogens with zero attached hydrogens (tertiary/aromatic N) is 5. The Morgan fingerprint density at radius 1 is 1.37 bits per heavy atom. The van der Waals surface area contributed by atoms with Crippen molar-refractivity contribution in [1.82, 2.24) is 25.2 Å². The fourth-order valence-electron chi connectivity index (χ4n) is 2.41. The van der Waals surface area contributed by atoms with E-state index in [9.17, 15) is 0 Å². The summed E-state index contributed by atoms with van der Waals surface area (Å²) in [6.07, 6.45) is 1.22. The second-order valence-corrected chi connectivity index (χ2v) is 5.25. The molecule has 7 heteroatoms. The highest BCUT2D eigenvalue weighted by Crippen LogP contribution is 2.17. The highest BCUT2D eigenvalue weighted by atomic mass is 15.3. The molecule has 1 aliphatic rings. The van der Waals surface area contributed by atoms with Gasteiger partial charge in [-0.05, 0) is 32.5 Å². The van der Waals surface area contributed by atoms with Gasteiger partial charge in [0.2, 0.25) is 11.9 Å². The minimum absolute atomic E-state index is 0.291. The van der Waals surface area contributed by atoms with E-state index in [1.54, 1.807) is 0 Å². The molecular formula is C12H23N7. The number of nitrogens with two attached hydrogens (primary N) is 1. The third-order valence-corrected chi connectivity index (χ3v) is 3.32. The van der Waals surface area contributed by atoms with Gasteiger partial charge >= 0.3 is 0 Å². The summed E-state index contributed by atoms with van der Waals surface area (Å²) in [7, 11) is 5.80. The van der Waals surface area contributed by atoms with E-state index in [-0.39, 0.29) is 0 Å². The van der Waals surface area contributed by atoms with Crippen molar-refractivity contribution in [1.29, 1.82) is 0 Å². The van der Waals surface area contributed by atoms with Crippen molar-refractivity contribution in [2.24, 2.45) is 5.92 Å². The van der Waals surface area contributed by atoms with Crippen molar-refractivity contribution in [3.8, 4) is 0 Å². The van der Waals surface area contributed by atoms with Gasteiger partial charge in [0, 0.05) is 20.6 Å². The van der Waals surface area contributed by atoms with Crippen molar-refractivity contribution in [2.75, 3.05) is 51.4 Å². The molecule has 1 unspecified atom stereocenters. The quantitative estimate of drug-likeness (QED) is 0.747. The lowest BCUT2D eigenvalue weighted by molar-refractivity contribution is 0.307. The van der Waals surface area contributed by atoms with E-state index in [4.69, 9.17) is 5.73 Å². The van der Waals surface area contributed by atoms with Gasteiger partial charge in [0.1, 0.15) is 5.82 Å². The number of hydrogen-bond donors (Lipinski definition) is 2. The summed E-state index contributed by atoms with van der Waals surface area (Å²) in [5.74, 6) is 2.38. The Morgan fingerprint density at radius 2 is 2.16 bits per heavy atom. The van der Waals surface area contributed by atoms with Crippen LogP contribution in [0.25, 0.3) is 0 Å². The van der Waals surface area contributed by atoms with Crippen LogP contribution in [0.2, 0.25) is 0 Å². The van der Waals surface area contributed by atoms with Crippen LogP contribution in [0, 0.1) is 5.92 Å². The van der Waals surface area contributed by atoms with E-state index >= 15 is 0 Å². The smallest absolute Gasteiger partial charge is 0.229 e. The minimum atomic E-state index is 0.291. The summed E-state index contributed by atoms with van der Waals surface area (Å²) in [6, 6.07) is 0. The van der Waals surface area contributed by atoms with Crippen LogP contribution in [0.5, 0.6) is 0 Å². The molecule has 1 aliphatic heterocycles. The lowest BCUT2D eigenvalue weighted by atomic mass is 10.1. The number of aromatic nitrogens is 3. The molecule has 0 radical (unpaired) electrons. The Balaban J connectivity index is 1.99. The van der Waals surface area contributed by atoms with Crippen molar-refractivity contribution < 1.29 is 0 Å². The third-order valence-electron chi connectivity index (χ3n) is 3.32. The Hall–Kier alpha value is -1.47. The zero-order valence-corrected chi connectivity index (χ0v) is 11.9. The molecule has 1 aromatic heterocycles. The molecule has 3 N–H and O–H groups in total. The molecule has 2 rings (SSSR count). The Kier molecular flexibility index (Phi) is 4.49. The Labute approximate surface area is 114 Å². The Bertz CT molecular complexity index is 421. The molecule has 0 spiro atoms. The summed E-state index contributed by atoms with van der Waals surface area (Å²) in [5, 5.41) is 3.23. The van der Waals surface area contributed by atoms with Crippen LogP contribution >= 0.6 is 0 Å². The van der Waals surface area contributed by atoms with Gasteiger partial charge in [-0.3, -0.25) is 4.90 Å². The van der Waals surface area contributed by atoms with E-state index in [1.165, 1.54) is 6.42 Å². The molecule has 0 amide bonds. The topological polar surface area (TPSA) is 83.2 Å². The molecule has 0 saturated carbocycles. The molecule has 7 nitrogen and oxygen atoms in total. The van der Waals surface area contributed by atoms with E-state index in [0.29, 0.717) is 11.9 Å². The average Bonchev–Trinajstić information content (AvgIpc) is 2.76. The van der Waals surface area contributed by atoms with Crippen LogP contribution in [0.4, 0.5) is 11.9 Å². The van der Waals surface area contributed by atoms with Crippen molar-refractivity contribution in [3.63, 3.8) is 0 Å². The standard InChI is InChI=1S/C12H23N7/c1-14-6-9-4-5-19(7-9)8-10-15-11(13)17-12(16-10)18(2)3/h9,14H,4-8H2,1-3H3,(H2,13,15,16,17). The first kappa shape index (κ1) is 14.0. The lowest BCUT2D eigenvalue weighted by Crippen LogP contribution is -2.26. The molecule has 1 saturated heterocycles. The SMILES string of the molecule is CNCC1CCN(Cc2nc(N)nc(N(C)C)n2)C1. The largest absolute Gasteiger partial charge is 0.368 e. The second-order valence-electron chi connectivity index (χ2n) is 5.25. The number of rotatable bonds is 5. The number of nitrogens with one attached hydrogen (secondary N) is 1. The summed E-state index contributed by atoms with van der Waals surface area (Å²) < 4.78 is 0. The van der Waals surface area contributed by atoms with E-state index in [2.05, 4.69) is 25.2 Å². The molecule has 1 atom stereocenters. The van der Waals surface area contributed by atoms with Crippen LogP contribution in [-0.2, 0) is 6.54 Å². The lowest BCUT2D eigenvalue weighted by Gasteiger charge is -2.16. The van der Waals surface area contributed by atoms with Gasteiger partial charge in [-0.15, -0.1) is 0 Å². The van der Waals surface area contributed by atoms with Crippen LogP contribution in [0.3, 0.4) is 0 Å². The van der Waals surface area contributed by atoms with Crippen molar-refractivity contribution in [2.45, 2.75) is 13.0 Å². The van der Waals surface area contributed by atoms with Crippen molar-refractivity contribution >= 4 is 11.9 Å². The summed E-state index contributed by atoms with van der Waals surface area (Å²) in [6.45, 7) is 3.99. The number of likely N-dealkylation sites (tertiary alicyclic amines) is 1. The average molecular weight is 265 g/mol. The first-order chi connectivity index (χ1) is 9.08. The second kappa shape index (κ2) is 6.12. The highest BCUT2D eigenvalue weighted by molar-refractivity contribution is 5.32. The van der Waals surface area contributed by atoms with Gasteiger partial charge in [0.05, 0.1) is 6.54 Å². The maximum Gasteiger partial charge on any atom is 0.229 e. The molecule has 1 fully saturated rings. The van der Waals surface area contributed by atoms with E-state index < -0.39 is 0 Å². The molecule has 106 valence electrons. The highest BCUT2D eigenvalue weighted by Gasteiger charge is 2.22. The van der Waals surface area contributed by atoms with Crippen LogP contribution < -0.4 is 16.0 Å². The fraction of sp³-hybridized carbons (Fsp3) is 0.750. The molecule has 0 aromatic carbocycles.